The minimum Gasteiger partial charge on any atom is -0.465 e. The van der Waals surface area contributed by atoms with Crippen molar-refractivity contribution in [2.45, 2.75) is 63.0 Å². The van der Waals surface area contributed by atoms with Crippen LogP contribution in [-0.4, -0.2) is 88.9 Å². The molecule has 4 aliphatic rings. The molecule has 216 valence electrons. The van der Waals surface area contributed by atoms with E-state index in [-0.39, 0.29) is 37.2 Å². The minimum absolute atomic E-state index is 0.0312. The summed E-state index contributed by atoms with van der Waals surface area (Å²) in [7, 11) is 2.03. The van der Waals surface area contributed by atoms with Crippen molar-refractivity contribution in [3.63, 3.8) is 0 Å². The standard InChI is InChI=1S/C27H32F4N6O3/c1-34-10-3-4-18(34)15-40-25-32-22-14-35(23-20(27(29,30)31)5-2-6-21(23)28)11-9-19(22)24(33-25)36-12-16-7-8-17(13-36)37(16)26(38)39/h2,5-6,16-18H,3-4,7-15H2,1H3,(H,38,39)/t16-,17+,18-/m0/s1. The Hall–Kier alpha value is -3.35. The Morgan fingerprint density at radius 1 is 1.10 bits per heavy atom. The van der Waals surface area contributed by atoms with E-state index in [1.54, 1.807) is 0 Å². The fraction of sp³-hybridized carbons (Fsp3) is 0.593. The molecule has 40 heavy (non-hydrogen) atoms. The fourth-order valence-electron chi connectivity index (χ4n) is 6.72. The Bertz CT molecular complexity index is 1280. The van der Waals surface area contributed by atoms with Crippen LogP contribution in [0.4, 0.5) is 33.9 Å². The van der Waals surface area contributed by atoms with Gasteiger partial charge in [-0.05, 0) is 57.8 Å². The molecule has 1 aromatic heterocycles. The van der Waals surface area contributed by atoms with Crippen LogP contribution in [0.1, 0.15) is 42.5 Å². The van der Waals surface area contributed by atoms with Gasteiger partial charge < -0.3 is 24.5 Å². The lowest BCUT2D eigenvalue weighted by Crippen LogP contribution is -2.56. The van der Waals surface area contributed by atoms with Crippen molar-refractivity contribution in [3.8, 4) is 6.01 Å². The van der Waals surface area contributed by atoms with E-state index in [9.17, 15) is 27.5 Å². The number of hydrogen-bond donors (Lipinski definition) is 1. The summed E-state index contributed by atoms with van der Waals surface area (Å²) in [5.41, 5.74) is -0.221. The van der Waals surface area contributed by atoms with Crippen LogP contribution in [0.25, 0.3) is 0 Å². The third kappa shape index (κ3) is 4.88. The molecule has 0 spiro atoms. The number of alkyl halides is 3. The van der Waals surface area contributed by atoms with Gasteiger partial charge in [-0.25, -0.2) is 9.18 Å². The molecule has 1 N–H and O–H groups in total. The molecule has 9 nitrogen and oxygen atoms in total. The summed E-state index contributed by atoms with van der Waals surface area (Å²) in [5.74, 6) is -0.305. The van der Waals surface area contributed by atoms with Crippen LogP contribution in [0.3, 0.4) is 0 Å². The molecule has 5 heterocycles. The van der Waals surface area contributed by atoms with Crippen LogP contribution >= 0.6 is 0 Å². The largest absolute Gasteiger partial charge is 0.465 e. The van der Waals surface area contributed by atoms with E-state index in [2.05, 4.69) is 14.8 Å². The quantitative estimate of drug-likeness (QED) is 0.546. The SMILES string of the molecule is CN1CCC[C@H]1COc1nc2c(c(N3C[C@H]4CC[C@@H](C3)N4C(=O)O)n1)CCN(c1c(F)cccc1C(F)(F)F)C2. The van der Waals surface area contributed by atoms with Crippen molar-refractivity contribution >= 4 is 17.6 Å². The van der Waals surface area contributed by atoms with Gasteiger partial charge in [-0.3, -0.25) is 4.90 Å². The van der Waals surface area contributed by atoms with Gasteiger partial charge in [0, 0.05) is 31.2 Å². The first-order chi connectivity index (χ1) is 19.1. The number of anilines is 2. The minimum atomic E-state index is -4.71. The van der Waals surface area contributed by atoms with Gasteiger partial charge in [0.25, 0.3) is 0 Å². The van der Waals surface area contributed by atoms with E-state index in [4.69, 9.17) is 9.72 Å². The lowest BCUT2D eigenvalue weighted by molar-refractivity contribution is -0.137. The molecule has 1 aromatic carbocycles. The van der Waals surface area contributed by atoms with Crippen molar-refractivity contribution in [2.24, 2.45) is 0 Å². The summed E-state index contributed by atoms with van der Waals surface area (Å²) in [6.45, 7) is 2.40. The third-order valence-corrected chi connectivity index (χ3v) is 8.71. The number of halogens is 4. The number of rotatable bonds is 5. The van der Waals surface area contributed by atoms with Crippen molar-refractivity contribution in [1.29, 1.82) is 0 Å². The monoisotopic (exact) mass is 564 g/mol. The zero-order valence-electron chi connectivity index (χ0n) is 22.2. The summed E-state index contributed by atoms with van der Waals surface area (Å²) >= 11 is 0. The molecular weight excluding hydrogens is 532 g/mol. The summed E-state index contributed by atoms with van der Waals surface area (Å²) in [6.07, 6.45) is -1.75. The molecule has 0 unspecified atom stereocenters. The third-order valence-electron chi connectivity index (χ3n) is 8.71. The fourth-order valence-corrected chi connectivity index (χ4v) is 6.72. The summed E-state index contributed by atoms with van der Waals surface area (Å²) < 4.78 is 62.3. The predicted molar refractivity (Wildman–Crippen MR) is 138 cm³/mol. The highest BCUT2D eigenvalue weighted by Crippen LogP contribution is 2.41. The molecule has 3 atom stereocenters. The number of piperazine rings is 1. The maximum atomic E-state index is 14.9. The molecular formula is C27H32F4N6O3. The zero-order chi connectivity index (χ0) is 28.2. The van der Waals surface area contributed by atoms with E-state index >= 15 is 0 Å². The van der Waals surface area contributed by atoms with Crippen LogP contribution in [-0.2, 0) is 19.1 Å². The molecule has 1 amide bonds. The predicted octanol–water partition coefficient (Wildman–Crippen LogP) is 4.00. The van der Waals surface area contributed by atoms with Crippen molar-refractivity contribution in [2.75, 3.05) is 49.6 Å². The summed E-state index contributed by atoms with van der Waals surface area (Å²) in [4.78, 5) is 28.4. The Morgan fingerprint density at radius 3 is 2.50 bits per heavy atom. The first-order valence-corrected chi connectivity index (χ1v) is 13.7. The van der Waals surface area contributed by atoms with Crippen molar-refractivity contribution in [1.82, 2.24) is 19.8 Å². The molecule has 3 saturated heterocycles. The molecule has 2 aromatic rings. The number of fused-ring (bicyclic) bond motifs is 3. The first-order valence-electron chi connectivity index (χ1n) is 13.7. The number of hydrogen-bond acceptors (Lipinski definition) is 7. The van der Waals surface area contributed by atoms with Crippen LogP contribution in [0, 0.1) is 5.82 Å². The van der Waals surface area contributed by atoms with Crippen LogP contribution in [0.15, 0.2) is 18.2 Å². The Balaban J connectivity index is 1.34. The number of amides is 1. The topological polar surface area (TPSA) is 85.3 Å². The van der Waals surface area contributed by atoms with Gasteiger partial charge in [0.15, 0.2) is 0 Å². The van der Waals surface area contributed by atoms with Gasteiger partial charge in [0.1, 0.15) is 18.2 Å². The lowest BCUT2D eigenvalue weighted by Gasteiger charge is -2.41. The number of nitrogens with zero attached hydrogens (tertiary/aromatic N) is 6. The normalized spacial score (nSPS) is 24.9. The second kappa shape index (κ2) is 10.2. The Morgan fingerprint density at radius 2 is 1.85 bits per heavy atom. The molecule has 2 bridgehead atoms. The number of likely N-dealkylation sites (N-methyl/N-ethyl adjacent to an activating group) is 1. The highest BCUT2D eigenvalue weighted by Gasteiger charge is 2.44. The highest BCUT2D eigenvalue weighted by atomic mass is 19.4. The number of carbonyl (C=O) groups is 1. The molecule has 0 saturated carbocycles. The van der Waals surface area contributed by atoms with Crippen LogP contribution in [0.5, 0.6) is 6.01 Å². The number of aromatic nitrogens is 2. The van der Waals surface area contributed by atoms with Gasteiger partial charge in [0.05, 0.1) is 35.6 Å². The smallest absolute Gasteiger partial charge is 0.418 e. The number of ether oxygens (including phenoxy) is 1. The summed E-state index contributed by atoms with van der Waals surface area (Å²) in [5, 5.41) is 9.69. The maximum Gasteiger partial charge on any atom is 0.418 e. The molecule has 0 aliphatic carbocycles. The van der Waals surface area contributed by atoms with Crippen molar-refractivity contribution < 1.29 is 32.2 Å². The molecule has 4 aliphatic heterocycles. The van der Waals surface area contributed by atoms with Crippen LogP contribution < -0.4 is 14.5 Å². The van der Waals surface area contributed by atoms with E-state index in [0.29, 0.717) is 37.6 Å². The summed E-state index contributed by atoms with van der Waals surface area (Å²) in [6, 6.07) is 3.02. The van der Waals surface area contributed by atoms with Crippen molar-refractivity contribution in [3.05, 3.63) is 40.8 Å². The average Bonchev–Trinajstić information content (AvgIpc) is 3.44. The van der Waals surface area contributed by atoms with Gasteiger partial charge in [-0.1, -0.05) is 6.07 Å². The molecule has 3 fully saturated rings. The maximum absolute atomic E-state index is 14.9. The Kier molecular flexibility index (Phi) is 6.87. The Labute approximate surface area is 229 Å². The number of likely N-dealkylation sites (tertiary alicyclic amines) is 1. The van der Waals surface area contributed by atoms with E-state index in [1.807, 2.05) is 7.05 Å². The number of carboxylic acid groups (broad SMARTS) is 1. The average molecular weight is 565 g/mol. The number of para-hydroxylation sites is 1. The number of benzene rings is 1. The molecule has 0 radical (unpaired) electrons. The lowest BCUT2D eigenvalue weighted by atomic mass is 10.0. The zero-order valence-corrected chi connectivity index (χ0v) is 22.2. The van der Waals surface area contributed by atoms with Gasteiger partial charge in [-0.2, -0.15) is 23.1 Å². The molecule has 6 rings (SSSR count). The van der Waals surface area contributed by atoms with Gasteiger partial charge in [0.2, 0.25) is 0 Å². The van der Waals surface area contributed by atoms with Crippen LogP contribution in [0.2, 0.25) is 0 Å². The van der Waals surface area contributed by atoms with E-state index in [1.165, 1.54) is 9.80 Å². The molecule has 13 heteroatoms. The van der Waals surface area contributed by atoms with Gasteiger partial charge >= 0.3 is 18.3 Å². The first kappa shape index (κ1) is 26.9. The van der Waals surface area contributed by atoms with E-state index < -0.39 is 29.3 Å². The van der Waals surface area contributed by atoms with Gasteiger partial charge in [-0.15, -0.1) is 0 Å². The second-order valence-corrected chi connectivity index (χ2v) is 11.1. The second-order valence-electron chi connectivity index (χ2n) is 11.1. The highest BCUT2D eigenvalue weighted by molar-refractivity contribution is 5.68. The van der Waals surface area contributed by atoms with E-state index in [0.717, 1.165) is 56.0 Å².